The molecule has 0 fully saturated rings. The third-order valence-electron chi connectivity index (χ3n) is 4.30. The SMILES string of the molecule is Brc1ccc(-c2ccccc2Sc2ccccc2-c2ccc(Br)cc2)cc1. The van der Waals surface area contributed by atoms with Crippen molar-refractivity contribution >= 4 is 43.6 Å². The topological polar surface area (TPSA) is 0 Å². The Kier molecular flexibility index (Phi) is 5.82. The van der Waals surface area contributed by atoms with Crippen LogP contribution in [-0.4, -0.2) is 0 Å². The highest BCUT2D eigenvalue weighted by Gasteiger charge is 2.10. The minimum atomic E-state index is 1.09. The van der Waals surface area contributed by atoms with Gasteiger partial charge in [0.2, 0.25) is 0 Å². The largest absolute Gasteiger partial charge is 0.0888 e. The lowest BCUT2D eigenvalue weighted by Crippen LogP contribution is -1.85. The molecule has 3 heteroatoms. The van der Waals surface area contributed by atoms with Gasteiger partial charge in [-0.25, -0.2) is 0 Å². The van der Waals surface area contributed by atoms with Crippen molar-refractivity contribution in [3.63, 3.8) is 0 Å². The van der Waals surface area contributed by atoms with Crippen LogP contribution < -0.4 is 0 Å². The first kappa shape index (κ1) is 18.5. The Labute approximate surface area is 180 Å². The van der Waals surface area contributed by atoms with Crippen LogP contribution in [0.5, 0.6) is 0 Å². The van der Waals surface area contributed by atoms with Gasteiger partial charge in [0.15, 0.2) is 0 Å². The summed E-state index contributed by atoms with van der Waals surface area (Å²) in [6, 6.07) is 34.2. The fourth-order valence-corrected chi connectivity index (χ4v) is 4.62. The van der Waals surface area contributed by atoms with Crippen LogP contribution >= 0.6 is 43.6 Å². The predicted molar refractivity (Wildman–Crippen MR) is 123 cm³/mol. The maximum Gasteiger partial charge on any atom is 0.0201 e. The molecule has 0 heterocycles. The van der Waals surface area contributed by atoms with Gasteiger partial charge in [-0.1, -0.05) is 104 Å². The van der Waals surface area contributed by atoms with E-state index in [1.54, 1.807) is 0 Å². The highest BCUT2D eigenvalue weighted by Crippen LogP contribution is 2.40. The van der Waals surface area contributed by atoms with E-state index in [1.807, 2.05) is 11.8 Å². The van der Waals surface area contributed by atoms with Gasteiger partial charge in [-0.15, -0.1) is 0 Å². The van der Waals surface area contributed by atoms with E-state index >= 15 is 0 Å². The second kappa shape index (κ2) is 8.47. The van der Waals surface area contributed by atoms with Gasteiger partial charge < -0.3 is 0 Å². The molecule has 0 bridgehead atoms. The molecule has 4 aromatic rings. The Morgan fingerprint density at radius 1 is 0.444 bits per heavy atom. The van der Waals surface area contributed by atoms with E-state index in [1.165, 1.54) is 32.0 Å². The van der Waals surface area contributed by atoms with E-state index < -0.39 is 0 Å². The summed E-state index contributed by atoms with van der Waals surface area (Å²) in [7, 11) is 0. The highest BCUT2D eigenvalue weighted by atomic mass is 79.9. The molecular weight excluding hydrogens is 480 g/mol. The number of hydrogen-bond donors (Lipinski definition) is 0. The Hall–Kier alpha value is -1.81. The molecule has 0 radical (unpaired) electrons. The van der Waals surface area contributed by atoms with Gasteiger partial charge in [-0.05, 0) is 58.7 Å². The lowest BCUT2D eigenvalue weighted by atomic mass is 10.1. The maximum absolute atomic E-state index is 3.52. The van der Waals surface area contributed by atoms with Gasteiger partial charge in [0.05, 0.1) is 0 Å². The fourth-order valence-electron chi connectivity index (χ4n) is 2.97. The Morgan fingerprint density at radius 2 is 0.815 bits per heavy atom. The molecule has 0 nitrogen and oxygen atoms in total. The van der Waals surface area contributed by atoms with E-state index in [9.17, 15) is 0 Å². The molecule has 0 aliphatic rings. The zero-order valence-corrected chi connectivity index (χ0v) is 18.4. The summed E-state index contributed by atoms with van der Waals surface area (Å²) >= 11 is 8.86. The van der Waals surface area contributed by atoms with Crippen molar-refractivity contribution in [2.45, 2.75) is 9.79 Å². The molecule has 4 rings (SSSR count). The van der Waals surface area contributed by atoms with Crippen LogP contribution in [0.15, 0.2) is 116 Å². The van der Waals surface area contributed by atoms with Gasteiger partial charge in [0, 0.05) is 18.7 Å². The second-order valence-electron chi connectivity index (χ2n) is 6.11. The minimum Gasteiger partial charge on any atom is -0.0888 e. The van der Waals surface area contributed by atoms with Crippen LogP contribution in [0.1, 0.15) is 0 Å². The summed E-state index contributed by atoms with van der Waals surface area (Å²) in [6.07, 6.45) is 0. The Bertz CT molecular complexity index is 967. The van der Waals surface area contributed by atoms with E-state index in [0.29, 0.717) is 0 Å². The van der Waals surface area contributed by atoms with Crippen molar-refractivity contribution in [1.82, 2.24) is 0 Å². The number of rotatable bonds is 4. The molecule has 27 heavy (non-hydrogen) atoms. The van der Waals surface area contributed by atoms with Crippen molar-refractivity contribution < 1.29 is 0 Å². The zero-order valence-electron chi connectivity index (χ0n) is 14.4. The van der Waals surface area contributed by atoms with E-state index in [-0.39, 0.29) is 0 Å². The molecule has 0 aliphatic carbocycles. The summed E-state index contributed by atoms with van der Waals surface area (Å²) in [6.45, 7) is 0. The fraction of sp³-hybridized carbons (Fsp3) is 0. The monoisotopic (exact) mass is 494 g/mol. The van der Waals surface area contributed by atoms with Crippen molar-refractivity contribution in [1.29, 1.82) is 0 Å². The summed E-state index contributed by atoms with van der Waals surface area (Å²) in [5.41, 5.74) is 4.95. The average molecular weight is 496 g/mol. The summed E-state index contributed by atoms with van der Waals surface area (Å²) < 4.78 is 2.19. The number of benzene rings is 4. The van der Waals surface area contributed by atoms with E-state index in [2.05, 4.69) is 129 Å². The van der Waals surface area contributed by atoms with Crippen LogP contribution in [0.3, 0.4) is 0 Å². The van der Waals surface area contributed by atoms with Crippen molar-refractivity contribution in [2.24, 2.45) is 0 Å². The molecule has 0 unspecified atom stereocenters. The molecule has 0 aromatic heterocycles. The molecule has 0 saturated carbocycles. The van der Waals surface area contributed by atoms with Crippen LogP contribution in [0, 0.1) is 0 Å². The van der Waals surface area contributed by atoms with Gasteiger partial charge in [0.1, 0.15) is 0 Å². The Balaban J connectivity index is 1.74. The summed E-state index contributed by atoms with van der Waals surface area (Å²) in [5, 5.41) is 0. The first-order valence-electron chi connectivity index (χ1n) is 8.58. The van der Waals surface area contributed by atoms with Crippen molar-refractivity contribution in [3.05, 3.63) is 106 Å². The zero-order chi connectivity index (χ0) is 18.6. The molecule has 0 N–H and O–H groups in total. The van der Waals surface area contributed by atoms with Gasteiger partial charge >= 0.3 is 0 Å². The molecule has 132 valence electrons. The first-order chi connectivity index (χ1) is 13.2. The predicted octanol–water partition coefficient (Wildman–Crippen LogP) is 8.70. The molecule has 0 spiro atoms. The third-order valence-corrected chi connectivity index (χ3v) is 6.51. The number of halogens is 2. The summed E-state index contributed by atoms with van der Waals surface area (Å²) in [5.74, 6) is 0. The normalized spacial score (nSPS) is 10.7. The van der Waals surface area contributed by atoms with E-state index in [0.717, 1.165) is 8.95 Å². The standard InChI is InChI=1S/C24H16Br2S/c25-19-13-9-17(10-14-19)21-5-1-3-7-23(21)27-24-8-4-2-6-22(24)18-11-15-20(26)16-12-18/h1-16H. The van der Waals surface area contributed by atoms with Gasteiger partial charge in [-0.3, -0.25) is 0 Å². The summed E-state index contributed by atoms with van der Waals surface area (Å²) in [4.78, 5) is 2.51. The quantitative estimate of drug-likeness (QED) is 0.272. The van der Waals surface area contributed by atoms with Crippen LogP contribution in [0.25, 0.3) is 22.3 Å². The maximum atomic E-state index is 3.52. The van der Waals surface area contributed by atoms with Crippen LogP contribution in [0.4, 0.5) is 0 Å². The number of hydrogen-bond acceptors (Lipinski definition) is 1. The molecule has 0 amide bonds. The molecule has 0 aliphatic heterocycles. The molecule has 4 aromatic carbocycles. The molecule has 0 atom stereocenters. The van der Waals surface area contributed by atoms with E-state index in [4.69, 9.17) is 0 Å². The second-order valence-corrected chi connectivity index (χ2v) is 9.02. The molecular formula is C24H16Br2S. The van der Waals surface area contributed by atoms with Crippen LogP contribution in [0.2, 0.25) is 0 Å². The minimum absolute atomic E-state index is 1.09. The van der Waals surface area contributed by atoms with Crippen molar-refractivity contribution in [2.75, 3.05) is 0 Å². The third kappa shape index (κ3) is 4.37. The lowest BCUT2D eigenvalue weighted by Gasteiger charge is -2.13. The smallest absolute Gasteiger partial charge is 0.0201 e. The van der Waals surface area contributed by atoms with Gasteiger partial charge in [-0.2, -0.15) is 0 Å². The lowest BCUT2D eigenvalue weighted by molar-refractivity contribution is 1.39. The first-order valence-corrected chi connectivity index (χ1v) is 11.0. The Morgan fingerprint density at radius 3 is 1.22 bits per heavy atom. The molecule has 0 saturated heterocycles. The van der Waals surface area contributed by atoms with Crippen molar-refractivity contribution in [3.8, 4) is 22.3 Å². The highest BCUT2D eigenvalue weighted by molar-refractivity contribution is 9.10. The van der Waals surface area contributed by atoms with Crippen LogP contribution in [-0.2, 0) is 0 Å². The van der Waals surface area contributed by atoms with Gasteiger partial charge in [0.25, 0.3) is 0 Å². The average Bonchev–Trinajstić information content (AvgIpc) is 2.70.